The third-order valence-corrected chi connectivity index (χ3v) is 3.40. The summed E-state index contributed by atoms with van der Waals surface area (Å²) in [6, 6.07) is 0. The molecule has 70 valence electrons. The van der Waals surface area contributed by atoms with E-state index in [0.717, 1.165) is 18.5 Å². The first-order valence-corrected chi connectivity index (χ1v) is 5.39. The Morgan fingerprint density at radius 1 is 1.00 bits per heavy atom. The van der Waals surface area contributed by atoms with Crippen molar-refractivity contribution in [2.24, 2.45) is 11.8 Å². The Balaban J connectivity index is 2.55. The lowest BCUT2D eigenvalue weighted by Crippen LogP contribution is -2.33. The Hall–Kier alpha value is 0.0649. The predicted octanol–water partition coefficient (Wildman–Crippen LogP) is 3.96. The minimum Gasteiger partial charge on any atom is -0.0711 e. The third kappa shape index (κ3) is 2.53. The van der Waals surface area contributed by atoms with Crippen molar-refractivity contribution in [2.75, 3.05) is 0 Å². The first-order valence-electron chi connectivity index (χ1n) is 5.39. The number of hydrogen-bond donors (Lipinski definition) is 0. The van der Waals surface area contributed by atoms with Crippen molar-refractivity contribution in [3.05, 3.63) is 0 Å². The summed E-state index contributed by atoms with van der Waals surface area (Å²) >= 11 is 0. The molecule has 0 saturated carbocycles. The molecule has 1 saturated heterocycles. The molecule has 1 aliphatic heterocycles. The lowest BCUT2D eigenvalue weighted by molar-refractivity contribution is 0.428. The minimum absolute atomic E-state index is 0.531. The van der Waals surface area contributed by atoms with E-state index in [2.05, 4.69) is 34.6 Å². The van der Waals surface area contributed by atoms with E-state index in [0.29, 0.717) is 5.31 Å². The molecule has 0 aromatic carbocycles. The lowest BCUT2D eigenvalue weighted by atomic mass is 9.27. The molecular weight excluding hydrogens is 143 g/mol. The van der Waals surface area contributed by atoms with Crippen LogP contribution in [0.3, 0.4) is 0 Å². The van der Waals surface area contributed by atoms with E-state index in [4.69, 9.17) is 0 Å². The minimum atomic E-state index is 0.531. The summed E-state index contributed by atoms with van der Waals surface area (Å²) in [5.41, 5.74) is 0. The molecule has 0 spiro atoms. The highest BCUT2D eigenvalue weighted by Gasteiger charge is 2.34. The highest BCUT2D eigenvalue weighted by molar-refractivity contribution is 6.62. The molecule has 2 unspecified atom stereocenters. The highest BCUT2D eigenvalue weighted by Crippen LogP contribution is 2.41. The first-order chi connectivity index (χ1) is 5.39. The van der Waals surface area contributed by atoms with Crippen LogP contribution in [0.4, 0.5) is 0 Å². The second-order valence-corrected chi connectivity index (χ2v) is 5.98. The number of hydrogen-bond acceptors (Lipinski definition) is 0. The van der Waals surface area contributed by atoms with Crippen molar-refractivity contribution in [2.45, 2.75) is 59.0 Å². The maximum Gasteiger partial charge on any atom is 0.146 e. The molecule has 0 aliphatic carbocycles. The van der Waals surface area contributed by atoms with Crippen molar-refractivity contribution < 1.29 is 0 Å². The van der Waals surface area contributed by atoms with Gasteiger partial charge in [0.1, 0.15) is 6.71 Å². The van der Waals surface area contributed by atoms with Crippen LogP contribution in [0.2, 0.25) is 18.0 Å². The topological polar surface area (TPSA) is 0 Å². The van der Waals surface area contributed by atoms with Crippen LogP contribution in [0, 0.1) is 11.8 Å². The van der Waals surface area contributed by atoms with Gasteiger partial charge in [-0.25, -0.2) is 0 Å². The quantitative estimate of drug-likeness (QED) is 0.478. The Bertz CT molecular complexity index is 136. The maximum atomic E-state index is 2.41. The smallest absolute Gasteiger partial charge is 0.0711 e. The Morgan fingerprint density at radius 2 is 1.42 bits per heavy atom. The Labute approximate surface area is 78.2 Å². The second kappa shape index (κ2) is 3.43. The van der Waals surface area contributed by atoms with Gasteiger partial charge in [-0.1, -0.05) is 64.4 Å². The van der Waals surface area contributed by atoms with Crippen LogP contribution in [0.1, 0.15) is 41.0 Å². The van der Waals surface area contributed by atoms with Gasteiger partial charge in [-0.3, -0.25) is 0 Å². The molecule has 0 aromatic rings. The molecule has 1 fully saturated rings. The Kier molecular flexibility index (Phi) is 2.90. The van der Waals surface area contributed by atoms with Gasteiger partial charge >= 0.3 is 0 Å². The molecule has 0 amide bonds. The van der Waals surface area contributed by atoms with Crippen LogP contribution >= 0.6 is 0 Å². The Morgan fingerprint density at radius 3 is 1.75 bits per heavy atom. The highest BCUT2D eigenvalue weighted by atomic mass is 14.2. The van der Waals surface area contributed by atoms with E-state index in [1.54, 1.807) is 0 Å². The second-order valence-electron chi connectivity index (χ2n) is 5.98. The molecule has 12 heavy (non-hydrogen) atoms. The fourth-order valence-corrected chi connectivity index (χ4v) is 2.65. The van der Waals surface area contributed by atoms with E-state index in [1.165, 1.54) is 19.1 Å². The van der Waals surface area contributed by atoms with E-state index in [1.807, 2.05) is 0 Å². The normalized spacial score (nSPS) is 32.2. The SMILES string of the molecule is CC1CB(C(C)(C)C)CC(C)C1. The molecule has 2 atom stereocenters. The van der Waals surface area contributed by atoms with Crippen LogP contribution in [0.5, 0.6) is 0 Å². The van der Waals surface area contributed by atoms with Gasteiger partial charge in [-0.15, -0.1) is 0 Å². The largest absolute Gasteiger partial charge is 0.146 e. The zero-order valence-corrected chi connectivity index (χ0v) is 9.35. The molecule has 1 rings (SSSR count). The van der Waals surface area contributed by atoms with Gasteiger partial charge in [0.05, 0.1) is 0 Å². The van der Waals surface area contributed by atoms with Gasteiger partial charge in [0.2, 0.25) is 0 Å². The fourth-order valence-electron chi connectivity index (χ4n) is 2.65. The molecule has 1 heterocycles. The summed E-state index contributed by atoms with van der Waals surface area (Å²) in [5, 5.41) is 0.531. The van der Waals surface area contributed by atoms with Crippen LogP contribution in [0.15, 0.2) is 0 Å². The van der Waals surface area contributed by atoms with Crippen LogP contribution < -0.4 is 0 Å². The van der Waals surface area contributed by atoms with Crippen LogP contribution in [-0.4, -0.2) is 6.71 Å². The summed E-state index contributed by atoms with van der Waals surface area (Å²) in [5.74, 6) is 1.91. The summed E-state index contributed by atoms with van der Waals surface area (Å²) in [6.07, 6.45) is 4.36. The van der Waals surface area contributed by atoms with Crippen molar-refractivity contribution in [3.8, 4) is 0 Å². The molecule has 1 aliphatic rings. The summed E-state index contributed by atoms with van der Waals surface area (Å²) in [7, 11) is 0. The van der Waals surface area contributed by atoms with E-state index < -0.39 is 0 Å². The molecule has 1 heteroatoms. The van der Waals surface area contributed by atoms with Gasteiger partial charge in [0, 0.05) is 0 Å². The summed E-state index contributed by atoms with van der Waals surface area (Å²) in [4.78, 5) is 0. The third-order valence-electron chi connectivity index (χ3n) is 3.40. The van der Waals surface area contributed by atoms with Crippen molar-refractivity contribution in [3.63, 3.8) is 0 Å². The van der Waals surface area contributed by atoms with Gasteiger partial charge in [-0.05, 0) is 6.42 Å². The van der Waals surface area contributed by atoms with E-state index in [9.17, 15) is 0 Å². The van der Waals surface area contributed by atoms with Gasteiger partial charge in [-0.2, -0.15) is 0 Å². The van der Waals surface area contributed by atoms with Crippen molar-refractivity contribution >= 4 is 6.71 Å². The molecule has 0 nitrogen and oxygen atoms in total. The van der Waals surface area contributed by atoms with Gasteiger partial charge in [0.15, 0.2) is 0 Å². The monoisotopic (exact) mass is 166 g/mol. The van der Waals surface area contributed by atoms with Gasteiger partial charge in [0.25, 0.3) is 0 Å². The fraction of sp³-hybridized carbons (Fsp3) is 1.00. The zero-order chi connectivity index (χ0) is 9.35. The molecule has 0 radical (unpaired) electrons. The molecule has 0 N–H and O–H groups in total. The molecule has 0 aromatic heterocycles. The average Bonchev–Trinajstić information content (AvgIpc) is 1.82. The van der Waals surface area contributed by atoms with Gasteiger partial charge < -0.3 is 0 Å². The zero-order valence-electron chi connectivity index (χ0n) is 9.35. The van der Waals surface area contributed by atoms with Crippen molar-refractivity contribution in [1.29, 1.82) is 0 Å². The van der Waals surface area contributed by atoms with Crippen molar-refractivity contribution in [1.82, 2.24) is 0 Å². The average molecular weight is 166 g/mol. The standard InChI is InChI=1S/C11H23B/c1-9-6-10(2)8-12(7-9)11(3,4)5/h9-10H,6-8H2,1-5H3. The summed E-state index contributed by atoms with van der Waals surface area (Å²) < 4.78 is 0. The maximum absolute atomic E-state index is 2.41. The van der Waals surface area contributed by atoms with Crippen LogP contribution in [-0.2, 0) is 0 Å². The molecule has 0 bridgehead atoms. The predicted molar refractivity (Wildman–Crippen MR) is 58.0 cm³/mol. The summed E-state index contributed by atoms with van der Waals surface area (Å²) in [6.45, 7) is 13.0. The molecular formula is C11H23B. The van der Waals surface area contributed by atoms with Crippen LogP contribution in [0.25, 0.3) is 0 Å². The first kappa shape index (κ1) is 10.1. The van der Waals surface area contributed by atoms with E-state index >= 15 is 0 Å². The lowest BCUT2D eigenvalue weighted by Gasteiger charge is -2.37. The van der Waals surface area contributed by atoms with E-state index in [-0.39, 0.29) is 0 Å². The number of rotatable bonds is 0.